The van der Waals surface area contributed by atoms with Crippen LogP contribution in [0.15, 0.2) is 42.5 Å². The maximum atomic E-state index is 12.5. The van der Waals surface area contributed by atoms with Gasteiger partial charge in [0.15, 0.2) is 0 Å². The summed E-state index contributed by atoms with van der Waals surface area (Å²) in [5.41, 5.74) is 4.64. The first-order valence-corrected chi connectivity index (χ1v) is 9.44. The lowest BCUT2D eigenvalue weighted by Crippen LogP contribution is -2.52. The fraction of sp³-hybridized carbons (Fsp3) is 0.381. The molecule has 1 heterocycles. The van der Waals surface area contributed by atoms with Crippen LogP contribution in [0.25, 0.3) is 0 Å². The molecule has 1 aliphatic rings. The zero-order valence-electron chi connectivity index (χ0n) is 15.6. The number of hydrogen-bond donors (Lipinski definition) is 1. The van der Waals surface area contributed by atoms with Crippen LogP contribution in [-0.4, -0.2) is 43.0 Å². The maximum absolute atomic E-state index is 12.5. The molecule has 26 heavy (non-hydrogen) atoms. The van der Waals surface area contributed by atoms with Crippen LogP contribution in [0, 0.1) is 13.8 Å². The van der Waals surface area contributed by atoms with Crippen molar-refractivity contribution < 1.29 is 4.79 Å². The van der Waals surface area contributed by atoms with E-state index in [0.717, 1.165) is 31.9 Å². The van der Waals surface area contributed by atoms with Crippen LogP contribution in [0.5, 0.6) is 0 Å². The Morgan fingerprint density at radius 1 is 1.04 bits per heavy atom. The minimum atomic E-state index is -0.170. The molecule has 1 N–H and O–H groups in total. The summed E-state index contributed by atoms with van der Waals surface area (Å²) in [7, 11) is 0. The smallest absolute Gasteiger partial charge is 0.241 e. The zero-order valence-corrected chi connectivity index (χ0v) is 16.4. The SMILES string of the molecule is Cc1ccc(N2CCN([C@@H](C)C(=O)Nc3cccc(Cl)c3)CC2)cc1C. The molecule has 4 nitrogen and oxygen atoms in total. The Morgan fingerprint density at radius 3 is 2.42 bits per heavy atom. The standard InChI is InChI=1S/C21H26ClN3O/c1-15-7-8-20(13-16(15)2)25-11-9-24(10-12-25)17(3)21(26)23-19-6-4-5-18(22)14-19/h4-8,13-14,17H,9-12H2,1-3H3,(H,23,26)/t17-/m0/s1. The minimum absolute atomic E-state index is 0.00639. The van der Waals surface area contributed by atoms with Crippen molar-refractivity contribution in [1.29, 1.82) is 0 Å². The van der Waals surface area contributed by atoms with Gasteiger partial charge in [-0.15, -0.1) is 0 Å². The molecule has 1 fully saturated rings. The van der Waals surface area contributed by atoms with Crippen molar-refractivity contribution in [3.8, 4) is 0 Å². The van der Waals surface area contributed by atoms with Crippen LogP contribution in [-0.2, 0) is 4.79 Å². The number of anilines is 2. The highest BCUT2D eigenvalue weighted by atomic mass is 35.5. The summed E-state index contributed by atoms with van der Waals surface area (Å²) in [4.78, 5) is 17.2. The normalized spacial score (nSPS) is 16.4. The molecule has 2 aromatic carbocycles. The van der Waals surface area contributed by atoms with E-state index in [2.05, 4.69) is 47.2 Å². The van der Waals surface area contributed by atoms with Crippen molar-refractivity contribution in [3.05, 3.63) is 58.6 Å². The second kappa shape index (κ2) is 8.11. The maximum Gasteiger partial charge on any atom is 0.241 e. The summed E-state index contributed by atoms with van der Waals surface area (Å²) < 4.78 is 0. The number of piperazine rings is 1. The highest BCUT2D eigenvalue weighted by Crippen LogP contribution is 2.21. The molecular formula is C21H26ClN3O. The molecule has 1 aliphatic heterocycles. The number of halogens is 1. The quantitative estimate of drug-likeness (QED) is 0.878. The number of rotatable bonds is 4. The van der Waals surface area contributed by atoms with Crippen LogP contribution in [0.1, 0.15) is 18.1 Å². The molecule has 5 heteroatoms. The van der Waals surface area contributed by atoms with E-state index in [9.17, 15) is 4.79 Å². The van der Waals surface area contributed by atoms with Gasteiger partial charge < -0.3 is 10.2 Å². The number of benzene rings is 2. The second-order valence-corrected chi connectivity index (χ2v) is 7.40. The lowest BCUT2D eigenvalue weighted by molar-refractivity contribution is -0.120. The third-order valence-electron chi connectivity index (χ3n) is 5.19. The molecular weight excluding hydrogens is 346 g/mol. The van der Waals surface area contributed by atoms with E-state index in [0.29, 0.717) is 5.02 Å². The van der Waals surface area contributed by atoms with E-state index in [4.69, 9.17) is 11.6 Å². The van der Waals surface area contributed by atoms with Crippen molar-refractivity contribution in [2.45, 2.75) is 26.8 Å². The molecule has 1 atom stereocenters. The highest BCUT2D eigenvalue weighted by molar-refractivity contribution is 6.30. The number of aryl methyl sites for hydroxylation is 2. The molecule has 0 spiro atoms. The third kappa shape index (κ3) is 4.37. The number of nitrogens with zero attached hydrogens (tertiary/aromatic N) is 2. The molecule has 138 valence electrons. The topological polar surface area (TPSA) is 35.6 Å². The van der Waals surface area contributed by atoms with Crippen LogP contribution < -0.4 is 10.2 Å². The van der Waals surface area contributed by atoms with Crippen molar-refractivity contribution in [2.24, 2.45) is 0 Å². The van der Waals surface area contributed by atoms with E-state index < -0.39 is 0 Å². The van der Waals surface area contributed by atoms with E-state index >= 15 is 0 Å². The Bertz CT molecular complexity index is 785. The van der Waals surface area contributed by atoms with Crippen LogP contribution in [0.4, 0.5) is 11.4 Å². The minimum Gasteiger partial charge on any atom is -0.369 e. The van der Waals surface area contributed by atoms with Crippen molar-refractivity contribution in [2.75, 3.05) is 36.4 Å². The molecule has 1 saturated heterocycles. The van der Waals surface area contributed by atoms with Crippen LogP contribution in [0.2, 0.25) is 5.02 Å². The molecule has 0 aliphatic carbocycles. The average Bonchev–Trinajstić information content (AvgIpc) is 2.63. The third-order valence-corrected chi connectivity index (χ3v) is 5.42. The number of carbonyl (C=O) groups excluding carboxylic acids is 1. The summed E-state index contributed by atoms with van der Waals surface area (Å²) in [6.07, 6.45) is 0. The van der Waals surface area contributed by atoms with Gasteiger partial charge in [-0.1, -0.05) is 23.7 Å². The summed E-state index contributed by atoms with van der Waals surface area (Å²) in [6, 6.07) is 13.7. The van der Waals surface area contributed by atoms with Gasteiger partial charge in [0.05, 0.1) is 6.04 Å². The van der Waals surface area contributed by atoms with E-state index in [1.165, 1.54) is 16.8 Å². The molecule has 0 unspecified atom stereocenters. The van der Waals surface area contributed by atoms with Crippen molar-refractivity contribution >= 4 is 28.9 Å². The lowest BCUT2D eigenvalue weighted by atomic mass is 10.1. The van der Waals surface area contributed by atoms with Crippen molar-refractivity contribution in [1.82, 2.24) is 4.90 Å². The number of nitrogens with one attached hydrogen (secondary N) is 1. The largest absolute Gasteiger partial charge is 0.369 e. The van der Waals surface area contributed by atoms with E-state index in [1.54, 1.807) is 12.1 Å². The van der Waals surface area contributed by atoms with Crippen molar-refractivity contribution in [3.63, 3.8) is 0 Å². The first kappa shape index (κ1) is 18.7. The van der Waals surface area contributed by atoms with Crippen LogP contribution in [0.3, 0.4) is 0 Å². The van der Waals surface area contributed by atoms with Crippen LogP contribution >= 0.6 is 11.6 Å². The van der Waals surface area contributed by atoms with Gasteiger partial charge in [0, 0.05) is 42.6 Å². The van der Waals surface area contributed by atoms with Gasteiger partial charge in [0.2, 0.25) is 5.91 Å². The number of hydrogen-bond acceptors (Lipinski definition) is 3. The number of carbonyl (C=O) groups is 1. The molecule has 1 amide bonds. The summed E-state index contributed by atoms with van der Waals surface area (Å²) in [5, 5.41) is 3.58. The Balaban J connectivity index is 1.56. The summed E-state index contributed by atoms with van der Waals surface area (Å²) in [5.74, 6) is 0.00639. The number of amides is 1. The van der Waals surface area contributed by atoms with Gasteiger partial charge in [0.25, 0.3) is 0 Å². The first-order chi connectivity index (χ1) is 12.4. The van der Waals surface area contributed by atoms with E-state index in [1.807, 2.05) is 19.1 Å². The molecule has 0 bridgehead atoms. The van der Waals surface area contributed by atoms with Gasteiger partial charge in [-0.25, -0.2) is 0 Å². The predicted molar refractivity (Wildman–Crippen MR) is 109 cm³/mol. The highest BCUT2D eigenvalue weighted by Gasteiger charge is 2.25. The first-order valence-electron chi connectivity index (χ1n) is 9.07. The summed E-state index contributed by atoms with van der Waals surface area (Å²) >= 11 is 5.98. The Labute approximate surface area is 160 Å². The second-order valence-electron chi connectivity index (χ2n) is 6.97. The van der Waals surface area contributed by atoms with Gasteiger partial charge >= 0.3 is 0 Å². The summed E-state index contributed by atoms with van der Waals surface area (Å²) in [6.45, 7) is 9.85. The Morgan fingerprint density at radius 2 is 1.77 bits per heavy atom. The molecule has 0 radical (unpaired) electrons. The fourth-order valence-corrected chi connectivity index (χ4v) is 3.46. The molecule has 2 aromatic rings. The lowest BCUT2D eigenvalue weighted by Gasteiger charge is -2.38. The van der Waals surface area contributed by atoms with Gasteiger partial charge in [-0.3, -0.25) is 9.69 Å². The monoisotopic (exact) mass is 371 g/mol. The van der Waals surface area contributed by atoms with E-state index in [-0.39, 0.29) is 11.9 Å². The predicted octanol–water partition coefficient (Wildman–Crippen LogP) is 4.11. The average molecular weight is 372 g/mol. The molecule has 3 rings (SSSR count). The van der Waals surface area contributed by atoms with Gasteiger partial charge in [0.1, 0.15) is 0 Å². The molecule has 0 aromatic heterocycles. The fourth-order valence-electron chi connectivity index (χ4n) is 3.27. The Kier molecular flexibility index (Phi) is 5.84. The molecule has 0 saturated carbocycles. The zero-order chi connectivity index (χ0) is 18.7. The van der Waals surface area contributed by atoms with Gasteiger partial charge in [-0.2, -0.15) is 0 Å². The Hall–Kier alpha value is -2.04. The van der Waals surface area contributed by atoms with Gasteiger partial charge in [-0.05, 0) is 62.2 Å².